The quantitative estimate of drug-likeness (QED) is 0.523. The number of carbonyl (C=O) groups excluding carboxylic acids is 1. The molecule has 0 spiro atoms. The summed E-state index contributed by atoms with van der Waals surface area (Å²) in [7, 11) is 0. The molecule has 1 amide bonds. The molecule has 1 N–H and O–H groups in total. The van der Waals surface area contributed by atoms with E-state index in [0.717, 1.165) is 25.9 Å². The van der Waals surface area contributed by atoms with E-state index >= 15 is 0 Å². The second kappa shape index (κ2) is 9.70. The van der Waals surface area contributed by atoms with Gasteiger partial charge in [-0.25, -0.2) is 0 Å². The Kier molecular flexibility index (Phi) is 6.91. The fourth-order valence-corrected chi connectivity index (χ4v) is 4.58. The van der Waals surface area contributed by atoms with Crippen molar-refractivity contribution in [1.82, 2.24) is 10.2 Å². The van der Waals surface area contributed by atoms with E-state index in [1.807, 2.05) is 0 Å². The van der Waals surface area contributed by atoms with Crippen LogP contribution in [0.2, 0.25) is 5.02 Å². The predicted molar refractivity (Wildman–Crippen MR) is 133 cm³/mol. The lowest BCUT2D eigenvalue weighted by atomic mass is 9.86. The van der Waals surface area contributed by atoms with E-state index < -0.39 is 5.91 Å². The van der Waals surface area contributed by atoms with E-state index in [1.54, 1.807) is 18.2 Å². The van der Waals surface area contributed by atoms with E-state index in [2.05, 4.69) is 55.3 Å². The van der Waals surface area contributed by atoms with Crippen molar-refractivity contribution in [2.45, 2.75) is 51.5 Å². The van der Waals surface area contributed by atoms with Crippen molar-refractivity contribution in [3.8, 4) is 0 Å². The van der Waals surface area contributed by atoms with Crippen molar-refractivity contribution >= 4 is 28.5 Å². The summed E-state index contributed by atoms with van der Waals surface area (Å²) in [6.07, 6.45) is 3.56. The highest BCUT2D eigenvalue weighted by atomic mass is 35.5. The van der Waals surface area contributed by atoms with E-state index in [1.165, 1.54) is 23.6 Å². The smallest absolute Gasteiger partial charge is 0.287 e. The molecule has 1 aliphatic rings. The minimum absolute atomic E-state index is 0.00953. The van der Waals surface area contributed by atoms with Crippen molar-refractivity contribution in [3.05, 3.63) is 80.7 Å². The van der Waals surface area contributed by atoms with Crippen molar-refractivity contribution in [2.24, 2.45) is 0 Å². The molecule has 1 saturated heterocycles. The van der Waals surface area contributed by atoms with Gasteiger partial charge in [-0.3, -0.25) is 14.5 Å². The fraction of sp³-hybridized carbons (Fsp3) is 0.407. The third-order valence-corrected chi connectivity index (χ3v) is 6.60. The van der Waals surface area contributed by atoms with Gasteiger partial charge in [-0.05, 0) is 60.7 Å². The number of hydrogen-bond acceptors (Lipinski definition) is 4. The van der Waals surface area contributed by atoms with Crippen LogP contribution in [0.5, 0.6) is 0 Å². The Morgan fingerprint density at radius 2 is 1.76 bits per heavy atom. The lowest BCUT2D eigenvalue weighted by Gasteiger charge is -2.35. The highest BCUT2D eigenvalue weighted by molar-refractivity contribution is 6.31. The second-order valence-corrected chi connectivity index (χ2v) is 10.2. The third-order valence-electron chi connectivity index (χ3n) is 6.36. The number of halogens is 1. The van der Waals surface area contributed by atoms with Gasteiger partial charge in [0.05, 0.1) is 11.4 Å². The van der Waals surface area contributed by atoms with Gasteiger partial charge in [0.25, 0.3) is 5.91 Å². The first-order valence-electron chi connectivity index (χ1n) is 11.6. The van der Waals surface area contributed by atoms with Crippen molar-refractivity contribution in [2.75, 3.05) is 19.6 Å². The number of likely N-dealkylation sites (tertiary alicyclic amines) is 1. The second-order valence-electron chi connectivity index (χ2n) is 9.81. The summed E-state index contributed by atoms with van der Waals surface area (Å²) < 4.78 is 5.71. The molecule has 5 nitrogen and oxygen atoms in total. The Morgan fingerprint density at radius 1 is 1.06 bits per heavy atom. The summed E-state index contributed by atoms with van der Waals surface area (Å²) in [4.78, 5) is 27.8. The van der Waals surface area contributed by atoms with Crippen LogP contribution >= 0.6 is 11.6 Å². The highest BCUT2D eigenvalue weighted by Gasteiger charge is 2.24. The van der Waals surface area contributed by atoms with Crippen LogP contribution in [-0.2, 0) is 5.41 Å². The third kappa shape index (κ3) is 5.48. The molecule has 0 saturated carbocycles. The fourth-order valence-electron chi connectivity index (χ4n) is 4.41. The van der Waals surface area contributed by atoms with Gasteiger partial charge in [-0.1, -0.05) is 63.1 Å². The average Bonchev–Trinajstić information content (AvgIpc) is 2.80. The molecule has 0 radical (unpaired) electrons. The Hall–Kier alpha value is -2.63. The molecule has 3 aromatic rings. The van der Waals surface area contributed by atoms with Crippen LogP contribution in [0.25, 0.3) is 11.0 Å². The Labute approximate surface area is 199 Å². The highest BCUT2D eigenvalue weighted by Crippen LogP contribution is 2.28. The molecule has 1 aliphatic heterocycles. The van der Waals surface area contributed by atoms with Gasteiger partial charge in [0.2, 0.25) is 0 Å². The van der Waals surface area contributed by atoms with Gasteiger partial charge in [0.15, 0.2) is 11.2 Å². The molecule has 4 rings (SSSR count). The maximum atomic E-state index is 12.9. The molecule has 2 heterocycles. The number of nitrogens with zero attached hydrogens (tertiary/aromatic N) is 1. The predicted octanol–water partition coefficient (Wildman–Crippen LogP) is 5.70. The van der Waals surface area contributed by atoms with Gasteiger partial charge in [-0.15, -0.1) is 0 Å². The summed E-state index contributed by atoms with van der Waals surface area (Å²) in [5, 5.41) is 3.82. The van der Waals surface area contributed by atoms with Crippen molar-refractivity contribution in [1.29, 1.82) is 0 Å². The van der Waals surface area contributed by atoms with Crippen LogP contribution in [0.15, 0.2) is 57.7 Å². The van der Waals surface area contributed by atoms with Gasteiger partial charge < -0.3 is 9.73 Å². The number of rotatable bonds is 5. The molecule has 1 fully saturated rings. The van der Waals surface area contributed by atoms with E-state index in [0.29, 0.717) is 22.5 Å². The topological polar surface area (TPSA) is 62.6 Å². The molecular formula is C27H31ClN2O3. The van der Waals surface area contributed by atoms with E-state index in [4.69, 9.17) is 16.0 Å². The lowest BCUT2D eigenvalue weighted by Crippen LogP contribution is -2.40. The molecule has 0 unspecified atom stereocenters. The van der Waals surface area contributed by atoms with Crippen LogP contribution in [0.1, 0.15) is 67.8 Å². The van der Waals surface area contributed by atoms with Crippen LogP contribution in [-0.4, -0.2) is 30.4 Å². The zero-order chi connectivity index (χ0) is 23.6. The number of nitrogens with one attached hydrogen (secondary N) is 1. The number of amides is 1. The number of fused-ring (bicyclic) bond motifs is 1. The zero-order valence-electron chi connectivity index (χ0n) is 19.5. The monoisotopic (exact) mass is 466 g/mol. The average molecular weight is 467 g/mol. The minimum Gasteiger partial charge on any atom is -0.451 e. The molecule has 0 bridgehead atoms. The van der Waals surface area contributed by atoms with Crippen LogP contribution in [0.4, 0.5) is 0 Å². The normalized spacial score (nSPS) is 16.0. The number of benzene rings is 2. The first-order chi connectivity index (χ1) is 15.7. The largest absolute Gasteiger partial charge is 0.451 e. The SMILES string of the molecule is CC(C)(C)c1ccc([C@@H](CNC(=O)c2cc(=O)c3cc(Cl)ccc3o2)N2CCCCC2)cc1. The van der Waals surface area contributed by atoms with Crippen molar-refractivity contribution in [3.63, 3.8) is 0 Å². The van der Waals surface area contributed by atoms with Crippen LogP contribution in [0, 0.1) is 0 Å². The molecule has 33 heavy (non-hydrogen) atoms. The standard InChI is InChI=1S/C27H31ClN2O3/c1-27(2,3)19-9-7-18(8-10-19)22(30-13-5-4-6-14-30)17-29-26(32)25-16-23(31)21-15-20(28)11-12-24(21)33-25/h7-12,15-16,22H,4-6,13-14,17H2,1-3H3,(H,29,32)/t22-/m1/s1. The summed E-state index contributed by atoms with van der Waals surface area (Å²) in [6.45, 7) is 9.07. The number of piperidine rings is 1. The molecule has 2 aromatic carbocycles. The van der Waals surface area contributed by atoms with E-state index in [9.17, 15) is 9.59 Å². The van der Waals surface area contributed by atoms with Crippen LogP contribution < -0.4 is 10.7 Å². The molecule has 6 heteroatoms. The van der Waals surface area contributed by atoms with Gasteiger partial charge in [0.1, 0.15) is 5.58 Å². The Morgan fingerprint density at radius 3 is 2.42 bits per heavy atom. The van der Waals surface area contributed by atoms with Crippen molar-refractivity contribution < 1.29 is 9.21 Å². The van der Waals surface area contributed by atoms with Crippen LogP contribution in [0.3, 0.4) is 0 Å². The lowest BCUT2D eigenvalue weighted by molar-refractivity contribution is 0.0897. The Bertz CT molecular complexity index is 1190. The number of hydrogen-bond donors (Lipinski definition) is 1. The molecule has 0 aliphatic carbocycles. The summed E-state index contributed by atoms with van der Waals surface area (Å²) >= 11 is 5.98. The molecule has 1 aromatic heterocycles. The summed E-state index contributed by atoms with van der Waals surface area (Å²) in [5.41, 5.74) is 2.62. The summed E-state index contributed by atoms with van der Waals surface area (Å²) in [5.74, 6) is -0.382. The Balaban J connectivity index is 1.55. The van der Waals surface area contributed by atoms with Gasteiger partial charge >= 0.3 is 0 Å². The van der Waals surface area contributed by atoms with Gasteiger partial charge in [0, 0.05) is 17.6 Å². The summed E-state index contributed by atoms with van der Waals surface area (Å²) in [6, 6.07) is 14.8. The zero-order valence-corrected chi connectivity index (χ0v) is 20.2. The minimum atomic E-state index is -0.391. The molecular weight excluding hydrogens is 436 g/mol. The molecule has 174 valence electrons. The first kappa shape index (κ1) is 23.5. The number of carbonyl (C=O) groups is 1. The molecule has 1 atom stereocenters. The maximum Gasteiger partial charge on any atom is 0.287 e. The first-order valence-corrected chi connectivity index (χ1v) is 12.0. The maximum absolute atomic E-state index is 12.9. The van der Waals surface area contributed by atoms with Gasteiger partial charge in [-0.2, -0.15) is 0 Å². The van der Waals surface area contributed by atoms with E-state index in [-0.39, 0.29) is 22.6 Å².